The zero-order chi connectivity index (χ0) is 20.9. The van der Waals surface area contributed by atoms with Gasteiger partial charge in [0.2, 0.25) is 5.91 Å². The molecule has 0 atom stereocenters. The lowest BCUT2D eigenvalue weighted by atomic mass is 10.1. The lowest BCUT2D eigenvalue weighted by Gasteiger charge is -2.37. The third-order valence-corrected chi connectivity index (χ3v) is 5.32. The molecule has 0 radical (unpaired) electrons. The molecule has 2 aromatic rings. The monoisotopic (exact) mass is 530 g/mol. The zero-order valence-corrected chi connectivity index (χ0v) is 19.0. The predicted molar refractivity (Wildman–Crippen MR) is 109 cm³/mol. The summed E-state index contributed by atoms with van der Waals surface area (Å²) < 4.78 is 39.3. The van der Waals surface area contributed by atoms with Gasteiger partial charge in [-0.2, -0.15) is 13.2 Å². The Morgan fingerprint density at radius 1 is 1.07 bits per heavy atom. The number of halogens is 4. The highest BCUT2D eigenvalue weighted by atomic mass is 127. The molecule has 2 aromatic carbocycles. The van der Waals surface area contributed by atoms with E-state index in [1.165, 1.54) is 62.2 Å². The number of anilines is 1. The molecule has 1 aliphatic heterocycles. The SMILES string of the molecule is C[N+]1(Cc2ccc(NC(=O)C=Cc3cccc(C(F)(F)F)c3)cc2)CCCCC1.[I-]. The van der Waals surface area contributed by atoms with Crippen LogP contribution in [-0.4, -0.2) is 30.5 Å². The molecule has 3 rings (SSSR count). The molecule has 0 aromatic heterocycles. The number of alkyl halides is 3. The highest BCUT2D eigenvalue weighted by Gasteiger charge is 2.30. The zero-order valence-electron chi connectivity index (χ0n) is 16.9. The number of hydrogen-bond acceptors (Lipinski definition) is 1. The summed E-state index contributed by atoms with van der Waals surface area (Å²) in [6.07, 6.45) is 2.06. The van der Waals surface area contributed by atoms with Crippen molar-refractivity contribution in [2.45, 2.75) is 32.0 Å². The fourth-order valence-electron chi connectivity index (χ4n) is 3.74. The van der Waals surface area contributed by atoms with E-state index < -0.39 is 11.7 Å². The Morgan fingerprint density at radius 2 is 1.73 bits per heavy atom. The van der Waals surface area contributed by atoms with Gasteiger partial charge in [0.1, 0.15) is 6.54 Å². The molecule has 0 aliphatic carbocycles. The second-order valence-corrected chi connectivity index (χ2v) is 7.93. The molecular formula is C23H26F3IN2O. The minimum absolute atomic E-state index is 0. The maximum absolute atomic E-state index is 12.8. The first-order valence-electron chi connectivity index (χ1n) is 9.82. The molecule has 1 fully saturated rings. The van der Waals surface area contributed by atoms with Crippen molar-refractivity contribution in [3.63, 3.8) is 0 Å². The summed E-state index contributed by atoms with van der Waals surface area (Å²) >= 11 is 0. The Hall–Kier alpha value is -1.87. The van der Waals surface area contributed by atoms with Crippen LogP contribution in [0.5, 0.6) is 0 Å². The Labute approximate surface area is 192 Å². The van der Waals surface area contributed by atoms with Crippen molar-refractivity contribution in [2.24, 2.45) is 0 Å². The normalized spacial score (nSPS) is 16.1. The average molecular weight is 530 g/mol. The molecule has 1 heterocycles. The van der Waals surface area contributed by atoms with E-state index in [1.54, 1.807) is 0 Å². The number of benzene rings is 2. The van der Waals surface area contributed by atoms with Crippen LogP contribution in [0.15, 0.2) is 54.6 Å². The van der Waals surface area contributed by atoms with Gasteiger partial charge in [-0.1, -0.05) is 24.3 Å². The second-order valence-electron chi connectivity index (χ2n) is 7.93. The van der Waals surface area contributed by atoms with E-state index in [9.17, 15) is 18.0 Å². The first-order chi connectivity index (χ1) is 13.7. The van der Waals surface area contributed by atoms with Crippen LogP contribution >= 0.6 is 0 Å². The van der Waals surface area contributed by atoms with E-state index in [0.29, 0.717) is 11.3 Å². The molecule has 0 saturated carbocycles. The van der Waals surface area contributed by atoms with Gasteiger partial charge in [0.15, 0.2) is 0 Å². The predicted octanol–water partition coefficient (Wildman–Crippen LogP) is 2.49. The molecule has 1 aliphatic rings. The third-order valence-electron chi connectivity index (χ3n) is 5.32. The van der Waals surface area contributed by atoms with Gasteiger partial charge in [-0.15, -0.1) is 0 Å². The van der Waals surface area contributed by atoms with Gasteiger partial charge in [0, 0.05) is 17.3 Å². The Morgan fingerprint density at radius 3 is 2.37 bits per heavy atom. The summed E-state index contributed by atoms with van der Waals surface area (Å²) in [7, 11) is 2.29. The molecule has 1 saturated heterocycles. The molecule has 7 heteroatoms. The van der Waals surface area contributed by atoms with Gasteiger partial charge in [-0.3, -0.25) is 4.79 Å². The van der Waals surface area contributed by atoms with Crippen LogP contribution in [-0.2, 0) is 17.5 Å². The van der Waals surface area contributed by atoms with E-state index in [1.807, 2.05) is 24.3 Å². The largest absolute Gasteiger partial charge is 1.00 e. The van der Waals surface area contributed by atoms with Crippen molar-refractivity contribution in [1.82, 2.24) is 0 Å². The quantitative estimate of drug-likeness (QED) is 0.360. The smallest absolute Gasteiger partial charge is 0.416 e. The van der Waals surface area contributed by atoms with Gasteiger partial charge >= 0.3 is 6.18 Å². The minimum Gasteiger partial charge on any atom is -1.00 e. The van der Waals surface area contributed by atoms with Gasteiger partial charge in [0.05, 0.1) is 25.7 Å². The van der Waals surface area contributed by atoms with Gasteiger partial charge in [-0.05, 0) is 55.2 Å². The van der Waals surface area contributed by atoms with Crippen LogP contribution in [0.3, 0.4) is 0 Å². The Kier molecular flexibility index (Phi) is 8.49. The first kappa shape index (κ1) is 24.4. The highest BCUT2D eigenvalue weighted by molar-refractivity contribution is 6.01. The van der Waals surface area contributed by atoms with E-state index in [2.05, 4.69) is 12.4 Å². The van der Waals surface area contributed by atoms with Crippen molar-refractivity contribution in [2.75, 3.05) is 25.5 Å². The van der Waals surface area contributed by atoms with Crippen molar-refractivity contribution >= 4 is 17.7 Å². The first-order valence-corrected chi connectivity index (χ1v) is 9.82. The number of piperidine rings is 1. The maximum Gasteiger partial charge on any atom is 0.416 e. The van der Waals surface area contributed by atoms with Crippen LogP contribution in [0.25, 0.3) is 6.08 Å². The minimum atomic E-state index is -4.40. The number of amides is 1. The van der Waals surface area contributed by atoms with Crippen molar-refractivity contribution < 1.29 is 46.4 Å². The van der Waals surface area contributed by atoms with Crippen molar-refractivity contribution in [3.8, 4) is 0 Å². The van der Waals surface area contributed by atoms with Gasteiger partial charge in [-0.25, -0.2) is 0 Å². The molecular weight excluding hydrogens is 504 g/mol. The number of nitrogens with one attached hydrogen (secondary N) is 1. The number of likely N-dealkylation sites (tertiary alicyclic amines) is 1. The van der Waals surface area contributed by atoms with Crippen LogP contribution in [0.4, 0.5) is 18.9 Å². The number of carbonyl (C=O) groups excluding carboxylic acids is 1. The maximum atomic E-state index is 12.8. The molecule has 0 spiro atoms. The molecule has 3 nitrogen and oxygen atoms in total. The lowest BCUT2D eigenvalue weighted by molar-refractivity contribution is -0.926. The van der Waals surface area contributed by atoms with Crippen LogP contribution < -0.4 is 29.3 Å². The topological polar surface area (TPSA) is 29.1 Å². The molecule has 0 bridgehead atoms. The Balaban J connectivity index is 0.00000320. The molecule has 30 heavy (non-hydrogen) atoms. The summed E-state index contributed by atoms with van der Waals surface area (Å²) in [5.41, 5.74) is 1.48. The summed E-state index contributed by atoms with van der Waals surface area (Å²) in [5, 5.41) is 2.74. The van der Waals surface area contributed by atoms with Crippen molar-refractivity contribution in [3.05, 3.63) is 71.3 Å². The van der Waals surface area contributed by atoms with E-state index in [-0.39, 0.29) is 29.9 Å². The van der Waals surface area contributed by atoms with Crippen LogP contribution in [0.2, 0.25) is 0 Å². The number of carbonyl (C=O) groups is 1. The highest BCUT2D eigenvalue weighted by Crippen LogP contribution is 2.29. The summed E-state index contributed by atoms with van der Waals surface area (Å²) in [6, 6.07) is 12.6. The molecule has 1 amide bonds. The van der Waals surface area contributed by atoms with Gasteiger partial charge < -0.3 is 33.8 Å². The fourth-order valence-corrected chi connectivity index (χ4v) is 3.74. The van der Waals surface area contributed by atoms with E-state index >= 15 is 0 Å². The average Bonchev–Trinajstić information content (AvgIpc) is 2.68. The number of hydrogen-bond donors (Lipinski definition) is 1. The molecule has 1 N–H and O–H groups in total. The third kappa shape index (κ3) is 7.12. The summed E-state index contributed by atoms with van der Waals surface area (Å²) in [4.78, 5) is 12.1. The van der Waals surface area contributed by atoms with E-state index in [0.717, 1.165) is 23.2 Å². The molecule has 0 unspecified atom stereocenters. The van der Waals surface area contributed by atoms with Crippen LogP contribution in [0, 0.1) is 0 Å². The standard InChI is InChI=1S/C23H25F3N2O.HI/c1-28(14-3-2-4-15-28)17-19-8-11-21(12-9-19)27-22(29)13-10-18-6-5-7-20(16-18)23(24,25)26;/h5-13,16H,2-4,14-15,17H2,1H3;1H. The number of nitrogens with zero attached hydrogens (tertiary/aromatic N) is 1. The van der Waals surface area contributed by atoms with Gasteiger partial charge in [0.25, 0.3) is 0 Å². The summed E-state index contributed by atoms with van der Waals surface area (Å²) in [5.74, 6) is -0.384. The Bertz CT molecular complexity index is 873. The van der Waals surface area contributed by atoms with E-state index in [4.69, 9.17) is 0 Å². The fraction of sp³-hybridized carbons (Fsp3) is 0.348. The lowest BCUT2D eigenvalue weighted by Crippen LogP contribution is -3.00. The van der Waals surface area contributed by atoms with Crippen molar-refractivity contribution in [1.29, 1.82) is 0 Å². The number of rotatable bonds is 5. The molecule has 162 valence electrons. The summed E-state index contributed by atoms with van der Waals surface area (Å²) in [6.45, 7) is 3.36. The van der Waals surface area contributed by atoms with Crippen LogP contribution in [0.1, 0.15) is 36.0 Å². The second kappa shape index (κ2) is 10.4. The number of quaternary nitrogens is 1.